The van der Waals surface area contributed by atoms with Gasteiger partial charge in [0.1, 0.15) is 0 Å². The van der Waals surface area contributed by atoms with Gasteiger partial charge < -0.3 is 4.90 Å². The van der Waals surface area contributed by atoms with Gasteiger partial charge in [-0.15, -0.1) is 5.10 Å². The molecule has 4 nitrogen and oxygen atoms in total. The summed E-state index contributed by atoms with van der Waals surface area (Å²) >= 11 is 5.46. The highest BCUT2D eigenvalue weighted by molar-refractivity contribution is 7.71. The van der Waals surface area contributed by atoms with Crippen LogP contribution in [0.15, 0.2) is 0 Å². The van der Waals surface area contributed by atoms with Crippen molar-refractivity contribution in [1.29, 1.82) is 0 Å². The summed E-state index contributed by atoms with van der Waals surface area (Å²) in [4.78, 5) is 2.32. The van der Waals surface area contributed by atoms with Gasteiger partial charge in [-0.25, -0.2) is 5.10 Å². The largest absolute Gasteiger partial charge is 0.341 e. The minimum absolute atomic E-state index is 0.545. The SMILES string of the molecule is CC(C1CC1)N(C)c1n[nH]c(=S)n1C1CCCCC1. The van der Waals surface area contributed by atoms with Gasteiger partial charge in [-0.3, -0.25) is 4.57 Å². The average molecular weight is 280 g/mol. The van der Waals surface area contributed by atoms with E-state index in [1.807, 2.05) is 0 Å². The number of aromatic nitrogens is 3. The van der Waals surface area contributed by atoms with Crippen molar-refractivity contribution < 1.29 is 0 Å². The predicted octanol–water partition coefficient (Wildman–Crippen LogP) is 3.68. The van der Waals surface area contributed by atoms with E-state index >= 15 is 0 Å². The van der Waals surface area contributed by atoms with Crippen LogP contribution in [0.25, 0.3) is 0 Å². The Balaban J connectivity index is 1.86. The van der Waals surface area contributed by atoms with Gasteiger partial charge in [0.2, 0.25) is 5.95 Å². The minimum atomic E-state index is 0.545. The summed E-state index contributed by atoms with van der Waals surface area (Å²) in [6, 6.07) is 1.11. The lowest BCUT2D eigenvalue weighted by Gasteiger charge is -2.30. The molecule has 0 spiro atoms. The van der Waals surface area contributed by atoms with Crippen LogP contribution in [0, 0.1) is 10.7 Å². The van der Waals surface area contributed by atoms with Crippen LogP contribution in [0.3, 0.4) is 0 Å². The third-order valence-electron chi connectivity index (χ3n) is 4.86. The van der Waals surface area contributed by atoms with Crippen LogP contribution < -0.4 is 4.90 Å². The van der Waals surface area contributed by atoms with Crippen LogP contribution in [0.5, 0.6) is 0 Å². The first-order valence-electron chi connectivity index (χ1n) is 7.58. The molecule has 2 saturated carbocycles. The summed E-state index contributed by atoms with van der Waals surface area (Å²) in [5.74, 6) is 1.88. The Morgan fingerprint density at radius 3 is 2.58 bits per heavy atom. The van der Waals surface area contributed by atoms with Gasteiger partial charge in [-0.2, -0.15) is 0 Å². The fraction of sp³-hybridized carbons (Fsp3) is 0.857. The van der Waals surface area contributed by atoms with E-state index in [-0.39, 0.29) is 0 Å². The maximum Gasteiger partial charge on any atom is 0.225 e. The molecule has 5 heteroatoms. The van der Waals surface area contributed by atoms with E-state index < -0.39 is 0 Å². The molecule has 2 aliphatic carbocycles. The monoisotopic (exact) mass is 280 g/mol. The van der Waals surface area contributed by atoms with Gasteiger partial charge in [-0.05, 0) is 50.7 Å². The van der Waals surface area contributed by atoms with Gasteiger partial charge >= 0.3 is 0 Å². The van der Waals surface area contributed by atoms with Crippen LogP contribution >= 0.6 is 12.2 Å². The lowest BCUT2D eigenvalue weighted by atomic mass is 9.95. The van der Waals surface area contributed by atoms with Crippen molar-refractivity contribution in [2.24, 2.45) is 5.92 Å². The van der Waals surface area contributed by atoms with Crippen LogP contribution in [-0.4, -0.2) is 27.9 Å². The molecule has 1 N–H and O–H groups in total. The lowest BCUT2D eigenvalue weighted by molar-refractivity contribution is 0.349. The van der Waals surface area contributed by atoms with Gasteiger partial charge in [0.05, 0.1) is 0 Å². The van der Waals surface area contributed by atoms with Crippen LogP contribution in [0.2, 0.25) is 0 Å². The maximum atomic E-state index is 5.46. The zero-order chi connectivity index (χ0) is 13.4. The zero-order valence-corrected chi connectivity index (χ0v) is 12.7. The number of aromatic amines is 1. The fourth-order valence-electron chi connectivity index (χ4n) is 3.29. The smallest absolute Gasteiger partial charge is 0.225 e. The molecular formula is C14H24N4S. The molecule has 1 unspecified atom stereocenters. The lowest BCUT2D eigenvalue weighted by Crippen LogP contribution is -2.33. The molecule has 1 atom stereocenters. The molecule has 0 saturated heterocycles. The van der Waals surface area contributed by atoms with Crippen molar-refractivity contribution >= 4 is 18.2 Å². The van der Waals surface area contributed by atoms with Crippen LogP contribution in [0.1, 0.15) is 57.9 Å². The first-order valence-corrected chi connectivity index (χ1v) is 7.99. The molecule has 0 radical (unpaired) electrons. The third-order valence-corrected chi connectivity index (χ3v) is 5.14. The first kappa shape index (κ1) is 13.2. The second-order valence-corrected chi connectivity index (χ2v) is 6.57. The number of nitrogens with zero attached hydrogens (tertiary/aromatic N) is 3. The predicted molar refractivity (Wildman–Crippen MR) is 80.1 cm³/mol. The molecule has 106 valence electrons. The van der Waals surface area contributed by atoms with Crippen molar-refractivity contribution in [2.45, 2.75) is 64.0 Å². The first-order chi connectivity index (χ1) is 9.18. The Bertz CT molecular complexity index is 482. The molecular weight excluding hydrogens is 256 g/mol. The van der Waals surface area contributed by atoms with E-state index in [0.717, 1.165) is 16.6 Å². The van der Waals surface area contributed by atoms with Crippen molar-refractivity contribution in [3.8, 4) is 0 Å². The van der Waals surface area contributed by atoms with Crippen molar-refractivity contribution in [1.82, 2.24) is 14.8 Å². The summed E-state index contributed by atoms with van der Waals surface area (Å²) in [6.07, 6.45) is 9.21. The summed E-state index contributed by atoms with van der Waals surface area (Å²) < 4.78 is 3.06. The summed E-state index contributed by atoms with van der Waals surface area (Å²) in [5.41, 5.74) is 0. The second kappa shape index (κ2) is 5.27. The van der Waals surface area contributed by atoms with Crippen LogP contribution in [0.4, 0.5) is 5.95 Å². The van der Waals surface area contributed by atoms with E-state index in [9.17, 15) is 0 Å². The van der Waals surface area contributed by atoms with E-state index in [1.165, 1.54) is 44.9 Å². The minimum Gasteiger partial charge on any atom is -0.341 e. The van der Waals surface area contributed by atoms with Gasteiger partial charge in [0.15, 0.2) is 4.77 Å². The third kappa shape index (κ3) is 2.57. The molecule has 1 heterocycles. The van der Waals surface area contributed by atoms with E-state index in [1.54, 1.807) is 0 Å². The molecule has 0 aromatic carbocycles. The summed E-state index contributed by atoms with van der Waals surface area (Å²) in [5, 5.41) is 7.50. The topological polar surface area (TPSA) is 36.9 Å². The molecule has 19 heavy (non-hydrogen) atoms. The average Bonchev–Trinajstić information content (AvgIpc) is 3.21. The highest BCUT2D eigenvalue weighted by Gasteiger charge is 2.33. The Morgan fingerprint density at radius 1 is 1.26 bits per heavy atom. The van der Waals surface area contributed by atoms with Gasteiger partial charge in [-0.1, -0.05) is 19.3 Å². The van der Waals surface area contributed by atoms with Crippen molar-refractivity contribution in [3.63, 3.8) is 0 Å². The van der Waals surface area contributed by atoms with E-state index in [0.29, 0.717) is 12.1 Å². The molecule has 2 aliphatic rings. The van der Waals surface area contributed by atoms with Crippen molar-refractivity contribution in [2.75, 3.05) is 11.9 Å². The fourth-order valence-corrected chi connectivity index (χ4v) is 3.57. The molecule has 3 rings (SSSR count). The Kier molecular flexibility index (Phi) is 3.65. The Morgan fingerprint density at radius 2 is 1.95 bits per heavy atom. The second-order valence-electron chi connectivity index (χ2n) is 6.18. The quantitative estimate of drug-likeness (QED) is 0.855. The number of H-pyrrole nitrogens is 1. The molecule has 0 aliphatic heterocycles. The highest BCUT2D eigenvalue weighted by Crippen LogP contribution is 2.37. The number of anilines is 1. The Labute approximate surface area is 120 Å². The normalized spacial score (nSPS) is 22.4. The molecule has 1 aromatic heterocycles. The molecule has 0 bridgehead atoms. The summed E-state index contributed by atoms with van der Waals surface area (Å²) in [7, 11) is 2.16. The van der Waals surface area contributed by atoms with E-state index in [2.05, 4.69) is 33.6 Å². The Hall–Kier alpha value is -0.840. The number of hydrogen-bond donors (Lipinski definition) is 1. The van der Waals surface area contributed by atoms with Gasteiger partial charge in [0.25, 0.3) is 0 Å². The number of nitrogens with one attached hydrogen (secondary N) is 1. The number of rotatable bonds is 4. The molecule has 2 fully saturated rings. The molecule has 1 aromatic rings. The highest BCUT2D eigenvalue weighted by atomic mass is 32.1. The standard InChI is InChI=1S/C14H24N4S/c1-10(11-8-9-11)17(2)13-15-16-14(19)18(13)12-6-4-3-5-7-12/h10-12H,3-9H2,1-2H3,(H,16,19). The number of hydrogen-bond acceptors (Lipinski definition) is 3. The zero-order valence-electron chi connectivity index (χ0n) is 11.9. The van der Waals surface area contributed by atoms with E-state index in [4.69, 9.17) is 12.2 Å². The molecule has 0 amide bonds. The van der Waals surface area contributed by atoms with Crippen molar-refractivity contribution in [3.05, 3.63) is 4.77 Å². The maximum absolute atomic E-state index is 5.46. The van der Waals surface area contributed by atoms with Gasteiger partial charge in [0, 0.05) is 19.1 Å². The summed E-state index contributed by atoms with van der Waals surface area (Å²) in [6.45, 7) is 2.31. The van der Waals surface area contributed by atoms with Crippen LogP contribution in [-0.2, 0) is 0 Å².